The van der Waals surface area contributed by atoms with E-state index in [-0.39, 0.29) is 0 Å². The summed E-state index contributed by atoms with van der Waals surface area (Å²) in [7, 11) is -7.89. The Balaban J connectivity index is 0.00000148. The number of anilines is 1. The molecule has 1 aromatic carbocycles. The second kappa shape index (κ2) is 9.24. The summed E-state index contributed by atoms with van der Waals surface area (Å²) in [4.78, 5) is 0. The van der Waals surface area contributed by atoms with Crippen LogP contribution >= 0.6 is 0 Å². The summed E-state index contributed by atoms with van der Waals surface area (Å²) in [6, 6.07) is 9.49. The molecule has 0 fully saturated rings. The topological polar surface area (TPSA) is 80.4 Å². The van der Waals surface area contributed by atoms with Gasteiger partial charge >= 0.3 is 57.1 Å². The summed E-state index contributed by atoms with van der Waals surface area (Å²) in [5, 5.41) is -7.84. The van der Waals surface area contributed by atoms with E-state index in [1.807, 2.05) is 30.3 Å². The number of nitrogen functional groups attached to an aromatic ring is 1. The van der Waals surface area contributed by atoms with Crippen molar-refractivity contribution in [1.82, 2.24) is 0 Å². The molecule has 0 aromatic heterocycles. The van der Waals surface area contributed by atoms with Crippen LogP contribution in [-0.2, 0) is 10.1 Å². The van der Waals surface area contributed by atoms with Gasteiger partial charge in [0, 0.05) is 5.69 Å². The maximum absolute atomic E-state index is 13.0. The number of rotatable bonds is 7. The van der Waals surface area contributed by atoms with Crippen LogP contribution in [0.5, 0.6) is 0 Å². The van der Waals surface area contributed by atoms with E-state index in [4.69, 9.17) is 10.3 Å². The van der Waals surface area contributed by atoms with Crippen molar-refractivity contribution in [2.75, 3.05) is 5.73 Å². The molecular weight excluding hydrogens is 585 g/mol. The van der Waals surface area contributed by atoms with E-state index in [2.05, 4.69) is 0 Å². The lowest BCUT2D eigenvalue weighted by molar-refractivity contribution is -0.458. The summed E-state index contributed by atoms with van der Waals surface area (Å²) in [5.74, 6) is -52.0. The molecule has 0 heterocycles. The quantitative estimate of drug-likeness (QED) is 0.227. The van der Waals surface area contributed by atoms with E-state index >= 15 is 0 Å². The first-order valence-corrected chi connectivity index (χ1v) is 9.32. The van der Waals surface area contributed by atoms with E-state index in [0.717, 1.165) is 5.69 Å². The van der Waals surface area contributed by atoms with Crippen molar-refractivity contribution in [3.8, 4) is 0 Å². The molecule has 36 heavy (non-hydrogen) atoms. The third kappa shape index (κ3) is 4.96. The van der Waals surface area contributed by atoms with Gasteiger partial charge in [-0.05, 0) is 12.1 Å². The van der Waals surface area contributed by atoms with Gasteiger partial charge in [-0.25, -0.2) is 0 Å². The molecule has 0 amide bonds. The first-order valence-electron chi connectivity index (χ1n) is 7.88. The zero-order chi connectivity index (χ0) is 29.6. The normalized spacial score (nSPS) is 15.3. The highest BCUT2D eigenvalue weighted by Gasteiger charge is 2.96. The SMILES string of the molecule is Nc1ccccc1.O=S(=O)(O)C(F)(F)C(F)(F)C(F)(F)C(F)(F)C(F)(F)C(F)(F)C(F)(F)C(F)(F)F. The van der Waals surface area contributed by atoms with Crippen molar-refractivity contribution < 1.29 is 87.6 Å². The van der Waals surface area contributed by atoms with Crippen molar-refractivity contribution in [2.24, 2.45) is 0 Å². The molecule has 4 nitrogen and oxygen atoms in total. The molecule has 0 aliphatic carbocycles. The van der Waals surface area contributed by atoms with Gasteiger partial charge in [0.05, 0.1) is 0 Å². The summed E-state index contributed by atoms with van der Waals surface area (Å²) < 4.78 is 242. The highest BCUT2D eigenvalue weighted by Crippen LogP contribution is 2.64. The molecule has 0 atom stereocenters. The highest BCUT2D eigenvalue weighted by atomic mass is 32.2. The second-order valence-electron chi connectivity index (χ2n) is 6.35. The minimum absolute atomic E-state index is 0.822. The predicted octanol–water partition coefficient (Wildman–Crippen LogP) is 6.11. The van der Waals surface area contributed by atoms with Gasteiger partial charge in [0.25, 0.3) is 0 Å². The van der Waals surface area contributed by atoms with E-state index in [9.17, 15) is 83.1 Å². The fourth-order valence-corrected chi connectivity index (χ4v) is 2.22. The van der Waals surface area contributed by atoms with Gasteiger partial charge in [-0.1, -0.05) is 18.2 Å². The smallest absolute Gasteiger partial charge is 0.399 e. The van der Waals surface area contributed by atoms with E-state index < -0.39 is 57.1 Å². The maximum atomic E-state index is 13.0. The number of hydrogen-bond donors (Lipinski definition) is 2. The molecule has 0 radical (unpaired) electrons. The number of hydrogen-bond acceptors (Lipinski definition) is 3. The van der Waals surface area contributed by atoms with Crippen LogP contribution in [0.1, 0.15) is 0 Å². The van der Waals surface area contributed by atoms with Crippen LogP contribution < -0.4 is 5.73 Å². The Morgan fingerprint density at radius 1 is 0.528 bits per heavy atom. The Bertz CT molecular complexity index is 1010. The Morgan fingerprint density at radius 3 is 1.03 bits per heavy atom. The Labute approximate surface area is 187 Å². The molecule has 0 bridgehead atoms. The second-order valence-corrected chi connectivity index (χ2v) is 7.81. The monoisotopic (exact) mass is 593 g/mol. The van der Waals surface area contributed by atoms with Crippen molar-refractivity contribution in [2.45, 2.75) is 47.0 Å². The number of halogens is 17. The van der Waals surface area contributed by atoms with Crippen molar-refractivity contribution in [3.05, 3.63) is 30.3 Å². The Kier molecular flexibility index (Phi) is 8.66. The van der Waals surface area contributed by atoms with Crippen LogP contribution in [0.4, 0.5) is 80.3 Å². The van der Waals surface area contributed by atoms with Crippen LogP contribution in [-0.4, -0.2) is 59.9 Å². The molecule has 0 saturated carbocycles. The van der Waals surface area contributed by atoms with Crippen LogP contribution in [0, 0.1) is 0 Å². The van der Waals surface area contributed by atoms with Crippen molar-refractivity contribution >= 4 is 15.8 Å². The standard InChI is InChI=1S/C8HF17O3S.C6H7N/c9-1(10,3(13,14)5(17,18)7(21,22)23)2(11,12)4(15,16)6(19,20)8(24,25)29(26,27)28;7-6-4-2-1-3-5-6/h(H,26,27,28);1-5H,7H2. The van der Waals surface area contributed by atoms with Gasteiger partial charge < -0.3 is 5.73 Å². The fourth-order valence-electron chi connectivity index (χ4n) is 1.76. The van der Waals surface area contributed by atoms with Gasteiger partial charge in [0.1, 0.15) is 0 Å². The average molecular weight is 593 g/mol. The largest absolute Gasteiger partial charge is 0.460 e. The van der Waals surface area contributed by atoms with Gasteiger partial charge in [-0.15, -0.1) is 0 Å². The fraction of sp³-hybridized carbons (Fsp3) is 0.571. The molecular formula is C14H8F17NO3S. The number of nitrogens with two attached hydrogens (primary N) is 1. The maximum Gasteiger partial charge on any atom is 0.460 e. The number of para-hydroxylation sites is 1. The van der Waals surface area contributed by atoms with Crippen LogP contribution in [0.3, 0.4) is 0 Å². The lowest BCUT2D eigenvalue weighted by Gasteiger charge is -2.42. The molecule has 0 aliphatic rings. The molecule has 3 N–H and O–H groups in total. The minimum Gasteiger partial charge on any atom is -0.399 e. The molecule has 0 spiro atoms. The van der Waals surface area contributed by atoms with E-state index in [1.165, 1.54) is 0 Å². The Morgan fingerprint density at radius 2 is 0.806 bits per heavy atom. The van der Waals surface area contributed by atoms with Crippen LogP contribution in [0.25, 0.3) is 0 Å². The summed E-state index contributed by atoms with van der Waals surface area (Å²) in [6.45, 7) is 0. The minimum atomic E-state index is -8.89. The zero-order valence-electron chi connectivity index (χ0n) is 16.1. The summed E-state index contributed by atoms with van der Waals surface area (Å²) in [5.41, 5.74) is 6.18. The molecule has 1 rings (SSSR count). The van der Waals surface area contributed by atoms with Crippen LogP contribution in [0.15, 0.2) is 30.3 Å². The van der Waals surface area contributed by atoms with E-state index in [1.54, 1.807) is 0 Å². The molecule has 22 heteroatoms. The third-order valence-corrected chi connectivity index (χ3v) is 4.72. The molecule has 212 valence electrons. The van der Waals surface area contributed by atoms with Crippen molar-refractivity contribution in [3.63, 3.8) is 0 Å². The third-order valence-electron chi connectivity index (χ3n) is 3.82. The molecule has 0 aliphatic heterocycles. The van der Waals surface area contributed by atoms with Gasteiger partial charge in [-0.3, -0.25) is 4.55 Å². The van der Waals surface area contributed by atoms with Gasteiger partial charge in [0.15, 0.2) is 0 Å². The number of alkyl halides is 17. The highest BCUT2D eigenvalue weighted by molar-refractivity contribution is 7.87. The first kappa shape index (κ1) is 33.7. The summed E-state index contributed by atoms with van der Waals surface area (Å²) in [6.07, 6.45) is -7.88. The lowest BCUT2D eigenvalue weighted by atomic mass is 9.91. The average Bonchev–Trinajstić information content (AvgIpc) is 2.66. The number of benzene rings is 1. The van der Waals surface area contributed by atoms with Crippen molar-refractivity contribution in [1.29, 1.82) is 0 Å². The molecule has 0 unspecified atom stereocenters. The lowest BCUT2D eigenvalue weighted by Crippen LogP contribution is -2.74. The first-order chi connectivity index (χ1) is 15.4. The zero-order valence-corrected chi connectivity index (χ0v) is 16.9. The van der Waals surface area contributed by atoms with Gasteiger partial charge in [0.2, 0.25) is 0 Å². The van der Waals surface area contributed by atoms with E-state index in [0.29, 0.717) is 0 Å². The predicted molar refractivity (Wildman–Crippen MR) is 83.1 cm³/mol. The Hall–Kier alpha value is -2.26. The van der Waals surface area contributed by atoms with Crippen LogP contribution in [0.2, 0.25) is 0 Å². The molecule has 1 aromatic rings. The molecule has 0 saturated heterocycles. The summed E-state index contributed by atoms with van der Waals surface area (Å²) >= 11 is 0. The van der Waals surface area contributed by atoms with Gasteiger partial charge in [-0.2, -0.15) is 83.1 Å².